The van der Waals surface area contributed by atoms with Crippen LogP contribution in [0.25, 0.3) is 17.2 Å². The summed E-state index contributed by atoms with van der Waals surface area (Å²) in [5.41, 5.74) is 7.79. The summed E-state index contributed by atoms with van der Waals surface area (Å²) < 4.78 is 12.0. The van der Waals surface area contributed by atoms with Crippen LogP contribution >= 0.6 is 11.6 Å². The second-order valence-corrected chi connectivity index (χ2v) is 6.57. The summed E-state index contributed by atoms with van der Waals surface area (Å²) in [6.45, 7) is 0.515. The Bertz CT molecular complexity index is 1140. The predicted molar refractivity (Wildman–Crippen MR) is 110 cm³/mol. The van der Waals surface area contributed by atoms with Gasteiger partial charge in [0.2, 0.25) is 11.9 Å². The van der Waals surface area contributed by atoms with E-state index in [2.05, 4.69) is 25.4 Å². The van der Waals surface area contributed by atoms with Crippen LogP contribution in [0.3, 0.4) is 0 Å². The third kappa shape index (κ3) is 3.99. The molecule has 0 aliphatic rings. The zero-order chi connectivity index (χ0) is 20.4. The van der Waals surface area contributed by atoms with Crippen LogP contribution in [-0.2, 0) is 6.54 Å². The lowest BCUT2D eigenvalue weighted by Gasteiger charge is -2.06. The van der Waals surface area contributed by atoms with Gasteiger partial charge in [0.25, 0.3) is 5.78 Å². The Balaban J connectivity index is 1.64. The Morgan fingerprint density at radius 1 is 1.00 bits per heavy atom. The molecule has 29 heavy (non-hydrogen) atoms. The number of hydrogen-bond donors (Lipinski definition) is 2. The van der Waals surface area contributed by atoms with Crippen molar-refractivity contribution in [2.45, 2.75) is 6.54 Å². The molecule has 0 amide bonds. The molecule has 9 nitrogen and oxygen atoms in total. The molecule has 0 unspecified atom stereocenters. The Hall–Kier alpha value is -3.59. The number of nitrogen functional groups attached to an aromatic ring is 1. The van der Waals surface area contributed by atoms with E-state index < -0.39 is 0 Å². The highest BCUT2D eigenvalue weighted by atomic mass is 35.5. The van der Waals surface area contributed by atoms with E-state index in [0.29, 0.717) is 46.2 Å². The number of benzene rings is 2. The number of methoxy groups -OCH3 is 2. The van der Waals surface area contributed by atoms with Gasteiger partial charge in [-0.3, -0.25) is 0 Å². The normalized spacial score (nSPS) is 10.9. The van der Waals surface area contributed by atoms with E-state index in [1.165, 1.54) is 4.52 Å². The largest absolute Gasteiger partial charge is 0.497 e. The molecular weight excluding hydrogens is 394 g/mol. The monoisotopic (exact) mass is 411 g/mol. The number of halogens is 1. The highest BCUT2D eigenvalue weighted by Gasteiger charge is 2.14. The first kappa shape index (κ1) is 18.8. The van der Waals surface area contributed by atoms with Crippen LogP contribution in [0.1, 0.15) is 5.56 Å². The molecule has 0 saturated heterocycles. The SMILES string of the molecule is COc1cc(OC)cc(-c2nc3nc(NCc4ccc(Cl)cc4)nc(N)n3n2)c1. The maximum absolute atomic E-state index is 6.05. The lowest BCUT2D eigenvalue weighted by Crippen LogP contribution is -2.09. The number of nitrogens with two attached hydrogens (primary N) is 1. The van der Waals surface area contributed by atoms with E-state index >= 15 is 0 Å². The summed E-state index contributed by atoms with van der Waals surface area (Å²) in [5.74, 6) is 2.53. The van der Waals surface area contributed by atoms with Gasteiger partial charge in [0, 0.05) is 23.2 Å². The van der Waals surface area contributed by atoms with Crippen molar-refractivity contribution in [2.24, 2.45) is 0 Å². The summed E-state index contributed by atoms with van der Waals surface area (Å²) in [5, 5.41) is 8.22. The van der Waals surface area contributed by atoms with Crippen LogP contribution in [0.4, 0.5) is 11.9 Å². The second-order valence-electron chi connectivity index (χ2n) is 6.13. The van der Waals surface area contributed by atoms with E-state index in [1.807, 2.05) is 24.3 Å². The molecule has 0 radical (unpaired) electrons. The van der Waals surface area contributed by atoms with Crippen molar-refractivity contribution >= 4 is 29.3 Å². The molecule has 2 aromatic heterocycles. The van der Waals surface area contributed by atoms with E-state index in [1.54, 1.807) is 32.4 Å². The molecule has 3 N–H and O–H groups in total. The summed E-state index contributed by atoms with van der Waals surface area (Å²) in [6, 6.07) is 12.9. The Morgan fingerprint density at radius 3 is 2.34 bits per heavy atom. The molecule has 0 spiro atoms. The topological polar surface area (TPSA) is 112 Å². The second kappa shape index (κ2) is 7.80. The van der Waals surface area contributed by atoms with E-state index in [4.69, 9.17) is 26.8 Å². The Morgan fingerprint density at radius 2 is 1.69 bits per heavy atom. The average Bonchev–Trinajstić information content (AvgIpc) is 3.18. The minimum absolute atomic E-state index is 0.169. The number of rotatable bonds is 6. The van der Waals surface area contributed by atoms with Crippen molar-refractivity contribution in [1.82, 2.24) is 24.6 Å². The number of ether oxygens (including phenoxy) is 2. The quantitative estimate of drug-likeness (QED) is 0.497. The molecule has 0 aliphatic carbocycles. The highest BCUT2D eigenvalue weighted by Crippen LogP contribution is 2.28. The molecule has 0 bridgehead atoms. The molecule has 0 fully saturated rings. The van der Waals surface area contributed by atoms with Crippen LogP contribution in [0.15, 0.2) is 42.5 Å². The molecule has 10 heteroatoms. The summed E-state index contributed by atoms with van der Waals surface area (Å²) in [4.78, 5) is 13.1. The number of hydrogen-bond acceptors (Lipinski definition) is 8. The first-order valence-corrected chi connectivity index (χ1v) is 9.05. The molecule has 4 aromatic rings. The molecule has 2 aromatic carbocycles. The first-order valence-electron chi connectivity index (χ1n) is 8.68. The summed E-state index contributed by atoms with van der Waals surface area (Å²) >= 11 is 5.91. The van der Waals surface area contributed by atoms with Gasteiger partial charge in [-0.15, -0.1) is 5.10 Å². The number of nitrogens with one attached hydrogen (secondary N) is 1. The standard InChI is InChI=1S/C19H18ClN7O2/c1-28-14-7-12(8-15(9-14)29-2)16-23-19-25-18(24-17(21)27(19)26-16)22-10-11-3-5-13(20)6-4-11/h3-9H,10H2,1-2H3,(H3,21,22,23,24,25,26). The molecule has 0 aliphatic heterocycles. The zero-order valence-electron chi connectivity index (χ0n) is 15.8. The van der Waals surface area contributed by atoms with Gasteiger partial charge < -0.3 is 20.5 Å². The third-order valence-corrected chi connectivity index (χ3v) is 4.46. The van der Waals surface area contributed by atoms with Crippen molar-refractivity contribution in [3.8, 4) is 22.9 Å². The molecule has 2 heterocycles. The maximum Gasteiger partial charge on any atom is 0.259 e. The van der Waals surface area contributed by atoms with Crippen molar-refractivity contribution < 1.29 is 9.47 Å². The van der Waals surface area contributed by atoms with Crippen molar-refractivity contribution in [3.63, 3.8) is 0 Å². The predicted octanol–water partition coefficient (Wildman–Crippen LogP) is 3.05. The Labute approximate surface area is 171 Å². The maximum atomic E-state index is 6.05. The lowest BCUT2D eigenvalue weighted by molar-refractivity contribution is 0.394. The van der Waals surface area contributed by atoms with Crippen molar-refractivity contribution in [2.75, 3.05) is 25.3 Å². The minimum Gasteiger partial charge on any atom is -0.497 e. The van der Waals surface area contributed by atoms with Gasteiger partial charge in [-0.05, 0) is 29.8 Å². The highest BCUT2D eigenvalue weighted by molar-refractivity contribution is 6.30. The van der Waals surface area contributed by atoms with Crippen LogP contribution in [0.2, 0.25) is 5.02 Å². The fourth-order valence-corrected chi connectivity index (χ4v) is 2.85. The molecule has 0 saturated carbocycles. The first-order chi connectivity index (χ1) is 14.1. The van der Waals surface area contributed by atoms with E-state index in [0.717, 1.165) is 5.56 Å². The van der Waals surface area contributed by atoms with Gasteiger partial charge in [-0.25, -0.2) is 0 Å². The van der Waals surface area contributed by atoms with E-state index in [9.17, 15) is 0 Å². The number of aromatic nitrogens is 5. The molecule has 0 atom stereocenters. The van der Waals surface area contributed by atoms with Gasteiger partial charge >= 0.3 is 0 Å². The molecule has 148 valence electrons. The number of nitrogens with zero attached hydrogens (tertiary/aromatic N) is 5. The molecular formula is C19H18ClN7O2. The fraction of sp³-hybridized carbons (Fsp3) is 0.158. The van der Waals surface area contributed by atoms with E-state index in [-0.39, 0.29) is 5.95 Å². The summed E-state index contributed by atoms with van der Waals surface area (Å²) in [7, 11) is 3.16. The van der Waals surface area contributed by atoms with Gasteiger partial charge in [-0.2, -0.15) is 19.5 Å². The minimum atomic E-state index is 0.169. The zero-order valence-corrected chi connectivity index (χ0v) is 16.5. The average molecular weight is 412 g/mol. The van der Waals surface area contributed by atoms with Crippen LogP contribution in [0, 0.1) is 0 Å². The molecule has 4 rings (SSSR count). The van der Waals surface area contributed by atoms with Gasteiger partial charge in [-0.1, -0.05) is 23.7 Å². The third-order valence-electron chi connectivity index (χ3n) is 4.21. The lowest BCUT2D eigenvalue weighted by atomic mass is 10.2. The van der Waals surface area contributed by atoms with Gasteiger partial charge in [0.15, 0.2) is 5.82 Å². The van der Waals surface area contributed by atoms with Crippen LogP contribution < -0.4 is 20.5 Å². The number of anilines is 2. The smallest absolute Gasteiger partial charge is 0.259 e. The van der Waals surface area contributed by atoms with Gasteiger partial charge in [0.05, 0.1) is 14.2 Å². The Kier molecular flexibility index (Phi) is 5.05. The van der Waals surface area contributed by atoms with Gasteiger partial charge in [0.1, 0.15) is 11.5 Å². The van der Waals surface area contributed by atoms with Crippen LogP contribution in [0.5, 0.6) is 11.5 Å². The fourth-order valence-electron chi connectivity index (χ4n) is 2.73. The van der Waals surface area contributed by atoms with Crippen LogP contribution in [-0.4, -0.2) is 38.8 Å². The number of fused-ring (bicyclic) bond motifs is 1. The van der Waals surface area contributed by atoms with Crippen molar-refractivity contribution in [1.29, 1.82) is 0 Å². The summed E-state index contributed by atoms with van der Waals surface area (Å²) in [6.07, 6.45) is 0. The van der Waals surface area contributed by atoms with Crippen molar-refractivity contribution in [3.05, 3.63) is 53.1 Å².